The van der Waals surface area contributed by atoms with Crippen molar-refractivity contribution in [2.45, 2.75) is 30.9 Å². The number of rotatable bonds is 4. The minimum absolute atomic E-state index is 0.169. The van der Waals surface area contributed by atoms with E-state index in [1.54, 1.807) is 0 Å². The molecular weight excluding hydrogens is 308 g/mol. The smallest absolute Gasteiger partial charge is 0.184 e. The van der Waals surface area contributed by atoms with Gasteiger partial charge in [0.15, 0.2) is 12.6 Å². The third-order valence-corrected chi connectivity index (χ3v) is 4.36. The Kier molecular flexibility index (Phi) is 4.60. The zero-order valence-corrected chi connectivity index (χ0v) is 13.2. The average molecular weight is 328 g/mol. The number of benzene rings is 2. The lowest BCUT2D eigenvalue weighted by atomic mass is 10.1. The maximum Gasteiger partial charge on any atom is 0.184 e. The van der Waals surface area contributed by atoms with Gasteiger partial charge in [0.1, 0.15) is 18.3 Å². The minimum atomic E-state index is -1.000. The Morgan fingerprint density at radius 1 is 0.917 bits per heavy atom. The topological polar surface area (TPSA) is 57.2 Å². The summed E-state index contributed by atoms with van der Waals surface area (Å²) < 4.78 is 23.3. The van der Waals surface area contributed by atoms with Crippen LogP contribution in [-0.2, 0) is 18.9 Å². The molecule has 0 radical (unpaired) electrons. The minimum Gasteiger partial charge on any atom is -0.370 e. The molecule has 24 heavy (non-hydrogen) atoms. The molecule has 2 saturated heterocycles. The van der Waals surface area contributed by atoms with Crippen LogP contribution in [0, 0.1) is 0 Å². The van der Waals surface area contributed by atoms with Crippen LogP contribution in [0.15, 0.2) is 60.7 Å². The quantitative estimate of drug-likeness (QED) is 0.874. The van der Waals surface area contributed by atoms with Gasteiger partial charge in [-0.15, -0.1) is 0 Å². The summed E-state index contributed by atoms with van der Waals surface area (Å²) in [5, 5.41) is 10.3. The Labute approximate surface area is 140 Å². The predicted octanol–water partition coefficient (Wildman–Crippen LogP) is 2.58. The molecule has 0 bridgehead atoms. The van der Waals surface area contributed by atoms with Crippen LogP contribution in [0.2, 0.25) is 0 Å². The molecule has 2 aliphatic rings. The fourth-order valence-corrected chi connectivity index (χ4v) is 3.09. The molecule has 0 saturated carbocycles. The molecule has 2 heterocycles. The van der Waals surface area contributed by atoms with Crippen molar-refractivity contribution in [3.63, 3.8) is 0 Å². The highest BCUT2D eigenvalue weighted by Gasteiger charge is 2.45. The number of aliphatic hydroxyl groups excluding tert-OH is 1. The average Bonchev–Trinajstić information content (AvgIpc) is 3.05. The molecule has 126 valence electrons. The Morgan fingerprint density at radius 2 is 1.62 bits per heavy atom. The van der Waals surface area contributed by atoms with Gasteiger partial charge >= 0.3 is 0 Å². The van der Waals surface area contributed by atoms with Crippen LogP contribution in [0.1, 0.15) is 23.7 Å². The Hall–Kier alpha value is -1.76. The number of fused-ring (bicyclic) bond motifs is 1. The molecule has 5 nitrogen and oxygen atoms in total. The highest BCUT2D eigenvalue weighted by atomic mass is 16.7. The second kappa shape index (κ2) is 7.01. The maximum absolute atomic E-state index is 10.3. The fourth-order valence-electron chi connectivity index (χ4n) is 3.09. The van der Waals surface area contributed by atoms with Crippen LogP contribution in [0.5, 0.6) is 0 Å². The van der Waals surface area contributed by atoms with Gasteiger partial charge in [-0.2, -0.15) is 0 Å². The normalized spacial score (nSPS) is 30.7. The molecule has 0 aromatic heterocycles. The highest BCUT2D eigenvalue weighted by Crippen LogP contribution is 2.34. The van der Waals surface area contributed by atoms with E-state index in [4.69, 9.17) is 18.9 Å². The van der Waals surface area contributed by atoms with Crippen LogP contribution in [0.4, 0.5) is 0 Å². The Morgan fingerprint density at radius 3 is 2.38 bits per heavy atom. The van der Waals surface area contributed by atoms with Gasteiger partial charge in [-0.25, -0.2) is 0 Å². The third kappa shape index (κ3) is 3.22. The SMILES string of the molecule is OC(O[C@H]1CO[C@@H]2COC(c3ccccc3)O[C@H]12)c1ccccc1. The number of ether oxygens (including phenoxy) is 4. The summed E-state index contributed by atoms with van der Waals surface area (Å²) >= 11 is 0. The lowest BCUT2D eigenvalue weighted by molar-refractivity contribution is -0.264. The standard InChI is InChI=1S/C19H20O5/c20-18(13-7-3-1-4-8-13)23-16-12-21-15-11-22-19(24-17(15)16)14-9-5-2-6-10-14/h1-10,15-20H,11-12H2/t15-,16+,17+,18?,19?/m1/s1. The van der Waals surface area contributed by atoms with E-state index in [0.717, 1.165) is 5.56 Å². The molecule has 0 spiro atoms. The summed E-state index contributed by atoms with van der Waals surface area (Å²) in [6.45, 7) is 0.829. The van der Waals surface area contributed by atoms with E-state index in [1.807, 2.05) is 60.7 Å². The summed E-state index contributed by atoms with van der Waals surface area (Å²) in [4.78, 5) is 0. The zero-order chi connectivity index (χ0) is 16.4. The van der Waals surface area contributed by atoms with Crippen molar-refractivity contribution in [2.75, 3.05) is 13.2 Å². The highest BCUT2D eigenvalue weighted by molar-refractivity contribution is 5.17. The van der Waals surface area contributed by atoms with Crippen molar-refractivity contribution in [3.8, 4) is 0 Å². The molecular formula is C19H20O5. The van der Waals surface area contributed by atoms with E-state index in [1.165, 1.54) is 0 Å². The van der Waals surface area contributed by atoms with Gasteiger partial charge < -0.3 is 24.1 Å². The van der Waals surface area contributed by atoms with Gasteiger partial charge in [0.25, 0.3) is 0 Å². The van der Waals surface area contributed by atoms with E-state index in [2.05, 4.69) is 0 Å². The van der Waals surface area contributed by atoms with Crippen LogP contribution >= 0.6 is 0 Å². The van der Waals surface area contributed by atoms with Crippen LogP contribution in [0.3, 0.4) is 0 Å². The van der Waals surface area contributed by atoms with E-state index in [9.17, 15) is 5.11 Å². The summed E-state index contributed by atoms with van der Waals surface area (Å²) in [6.07, 6.45) is -2.20. The Bertz CT molecular complexity index is 647. The summed E-state index contributed by atoms with van der Waals surface area (Å²) in [6, 6.07) is 19.1. The van der Waals surface area contributed by atoms with E-state index >= 15 is 0 Å². The number of aliphatic hydroxyl groups is 1. The summed E-state index contributed by atoms with van der Waals surface area (Å²) in [7, 11) is 0. The molecule has 0 amide bonds. The molecule has 0 aliphatic carbocycles. The van der Waals surface area contributed by atoms with Crippen LogP contribution in [-0.4, -0.2) is 36.6 Å². The van der Waals surface area contributed by atoms with Gasteiger partial charge in [0, 0.05) is 11.1 Å². The predicted molar refractivity (Wildman–Crippen MR) is 86.0 cm³/mol. The first-order chi connectivity index (χ1) is 11.8. The molecule has 5 atom stereocenters. The van der Waals surface area contributed by atoms with Gasteiger partial charge in [0.2, 0.25) is 0 Å². The maximum atomic E-state index is 10.3. The zero-order valence-electron chi connectivity index (χ0n) is 13.2. The molecule has 2 fully saturated rings. The van der Waals surface area contributed by atoms with Gasteiger partial charge in [-0.1, -0.05) is 60.7 Å². The molecule has 1 N–H and O–H groups in total. The second-order valence-electron chi connectivity index (χ2n) is 5.99. The molecule has 2 aromatic rings. The number of hydrogen-bond donors (Lipinski definition) is 1. The molecule has 5 heteroatoms. The largest absolute Gasteiger partial charge is 0.370 e. The van der Waals surface area contributed by atoms with Crippen molar-refractivity contribution < 1.29 is 24.1 Å². The molecule has 2 aliphatic heterocycles. The van der Waals surface area contributed by atoms with E-state index in [-0.39, 0.29) is 18.3 Å². The van der Waals surface area contributed by atoms with Crippen LogP contribution in [0.25, 0.3) is 0 Å². The third-order valence-electron chi connectivity index (χ3n) is 4.36. The first-order valence-electron chi connectivity index (χ1n) is 8.13. The first-order valence-corrected chi connectivity index (χ1v) is 8.13. The van der Waals surface area contributed by atoms with Crippen molar-refractivity contribution >= 4 is 0 Å². The van der Waals surface area contributed by atoms with Gasteiger partial charge in [0.05, 0.1) is 13.2 Å². The van der Waals surface area contributed by atoms with Crippen LogP contribution < -0.4 is 0 Å². The first kappa shape index (κ1) is 15.7. The lowest BCUT2D eigenvalue weighted by Crippen LogP contribution is -2.43. The van der Waals surface area contributed by atoms with E-state index in [0.29, 0.717) is 18.8 Å². The Balaban J connectivity index is 1.44. The van der Waals surface area contributed by atoms with Crippen molar-refractivity contribution in [1.29, 1.82) is 0 Å². The summed E-state index contributed by atoms with van der Waals surface area (Å²) in [5.41, 5.74) is 1.68. The van der Waals surface area contributed by atoms with Crippen molar-refractivity contribution in [3.05, 3.63) is 71.8 Å². The second-order valence-corrected chi connectivity index (χ2v) is 5.99. The monoisotopic (exact) mass is 328 g/mol. The van der Waals surface area contributed by atoms with Crippen molar-refractivity contribution in [1.82, 2.24) is 0 Å². The molecule has 2 aromatic carbocycles. The van der Waals surface area contributed by atoms with Gasteiger partial charge in [-0.05, 0) is 0 Å². The molecule has 4 rings (SSSR count). The lowest BCUT2D eigenvalue weighted by Gasteiger charge is -2.34. The fraction of sp³-hybridized carbons (Fsp3) is 0.368. The summed E-state index contributed by atoms with van der Waals surface area (Å²) in [5.74, 6) is 0. The van der Waals surface area contributed by atoms with E-state index < -0.39 is 12.6 Å². The molecule has 2 unspecified atom stereocenters. The van der Waals surface area contributed by atoms with Crippen molar-refractivity contribution in [2.24, 2.45) is 0 Å². The number of hydrogen-bond acceptors (Lipinski definition) is 5. The van der Waals surface area contributed by atoms with Gasteiger partial charge in [-0.3, -0.25) is 0 Å².